The highest BCUT2D eigenvalue weighted by atomic mass is 19.4. The van der Waals surface area contributed by atoms with Crippen LogP contribution in [-0.4, -0.2) is 46.9 Å². The topological polar surface area (TPSA) is 113 Å². The van der Waals surface area contributed by atoms with E-state index in [1.165, 1.54) is 0 Å². The number of nitrogens with zero attached hydrogens (tertiary/aromatic N) is 1. The molecule has 0 saturated heterocycles. The van der Waals surface area contributed by atoms with Crippen LogP contribution in [0, 0.1) is 0 Å². The van der Waals surface area contributed by atoms with E-state index in [1.54, 1.807) is 30.5 Å². The molecule has 1 aromatic carbocycles. The Balaban J connectivity index is 1.49. The van der Waals surface area contributed by atoms with E-state index >= 15 is 0 Å². The van der Waals surface area contributed by atoms with E-state index in [9.17, 15) is 27.9 Å². The summed E-state index contributed by atoms with van der Waals surface area (Å²) in [5, 5.41) is 17.4. The maximum Gasteiger partial charge on any atom is 0.416 e. The second-order valence-corrected chi connectivity index (χ2v) is 7.28. The molecule has 3 atom stereocenters. The number of pyridine rings is 1. The molecule has 2 aromatic rings. The Hall–Kier alpha value is -3.44. The Morgan fingerprint density at radius 1 is 1.09 bits per heavy atom. The predicted molar refractivity (Wildman–Crippen MR) is 113 cm³/mol. The zero-order chi connectivity index (χ0) is 23.8. The van der Waals surface area contributed by atoms with Crippen LogP contribution in [0.15, 0.2) is 60.8 Å². The van der Waals surface area contributed by atoms with Crippen molar-refractivity contribution in [2.45, 2.75) is 37.4 Å². The Bertz CT molecular complexity index is 968. The number of benzene rings is 1. The highest BCUT2D eigenvalue weighted by Gasteiger charge is 2.31. The van der Waals surface area contributed by atoms with Crippen molar-refractivity contribution in [3.63, 3.8) is 0 Å². The minimum atomic E-state index is -4.47. The largest absolute Gasteiger partial charge is 0.416 e. The van der Waals surface area contributed by atoms with Crippen molar-refractivity contribution in [1.82, 2.24) is 15.6 Å². The first-order valence-corrected chi connectivity index (χ1v) is 10.1. The van der Waals surface area contributed by atoms with Gasteiger partial charge in [0.25, 0.3) is 0 Å². The number of halogens is 3. The van der Waals surface area contributed by atoms with Crippen molar-refractivity contribution >= 4 is 17.6 Å². The lowest BCUT2D eigenvalue weighted by molar-refractivity contribution is -0.137. The first-order chi connectivity index (χ1) is 15.7. The first kappa shape index (κ1) is 24.2. The number of hydrogen-bond acceptors (Lipinski definition) is 5. The van der Waals surface area contributed by atoms with Gasteiger partial charge in [-0.2, -0.15) is 13.2 Å². The maximum atomic E-state index is 12.6. The molecule has 0 radical (unpaired) electrons. The summed E-state index contributed by atoms with van der Waals surface area (Å²) in [5.41, 5.74) is 0.0549. The third-order valence-electron chi connectivity index (χ3n) is 4.81. The molecule has 2 heterocycles. The summed E-state index contributed by atoms with van der Waals surface area (Å²) in [7, 11) is 0. The molecule has 11 heteroatoms. The molecule has 8 nitrogen and oxygen atoms in total. The van der Waals surface area contributed by atoms with Gasteiger partial charge in [0.15, 0.2) is 0 Å². The summed E-state index contributed by atoms with van der Waals surface area (Å²) in [5.74, 6) is -0.265. The maximum absolute atomic E-state index is 12.6. The molecule has 0 spiro atoms. The summed E-state index contributed by atoms with van der Waals surface area (Å²) in [4.78, 5) is 28.5. The molecule has 0 saturated carbocycles. The van der Waals surface area contributed by atoms with E-state index in [2.05, 4.69) is 20.9 Å². The average Bonchev–Trinajstić information content (AvgIpc) is 2.79. The lowest BCUT2D eigenvalue weighted by atomic mass is 10.0. The number of carbonyl (C=O) groups is 2. The number of anilines is 1. The van der Waals surface area contributed by atoms with E-state index in [1.807, 2.05) is 6.07 Å². The molecular weight excluding hydrogens is 441 g/mol. The van der Waals surface area contributed by atoms with Crippen LogP contribution in [0.1, 0.15) is 17.7 Å². The number of ether oxygens (including phenoxy) is 1. The number of urea groups is 1. The Labute approximate surface area is 187 Å². The Morgan fingerprint density at radius 2 is 1.85 bits per heavy atom. The van der Waals surface area contributed by atoms with Crippen molar-refractivity contribution in [3.8, 4) is 0 Å². The lowest BCUT2D eigenvalue weighted by Crippen LogP contribution is -2.50. The van der Waals surface area contributed by atoms with Crippen LogP contribution in [0.3, 0.4) is 0 Å². The predicted octanol–water partition coefficient (Wildman–Crippen LogP) is 2.61. The Kier molecular flexibility index (Phi) is 8.01. The van der Waals surface area contributed by atoms with Crippen molar-refractivity contribution in [2.24, 2.45) is 0 Å². The van der Waals surface area contributed by atoms with Crippen molar-refractivity contribution in [1.29, 1.82) is 0 Å². The Morgan fingerprint density at radius 3 is 2.48 bits per heavy atom. The van der Waals surface area contributed by atoms with Gasteiger partial charge in [0.1, 0.15) is 6.10 Å². The van der Waals surface area contributed by atoms with Crippen LogP contribution in [0.25, 0.3) is 0 Å². The van der Waals surface area contributed by atoms with Crippen molar-refractivity contribution < 1.29 is 32.6 Å². The van der Waals surface area contributed by atoms with Gasteiger partial charge < -0.3 is 25.8 Å². The molecule has 1 aliphatic heterocycles. The lowest BCUT2D eigenvalue weighted by Gasteiger charge is -2.31. The smallest absolute Gasteiger partial charge is 0.394 e. The van der Waals surface area contributed by atoms with Gasteiger partial charge in [-0.05, 0) is 36.4 Å². The van der Waals surface area contributed by atoms with Crippen molar-refractivity contribution in [3.05, 3.63) is 72.1 Å². The molecular formula is C22H23F3N4O4. The van der Waals surface area contributed by atoms with Crippen LogP contribution in [0.4, 0.5) is 23.7 Å². The quantitative estimate of drug-likeness (QED) is 0.471. The van der Waals surface area contributed by atoms with E-state index in [0.29, 0.717) is 5.69 Å². The number of amides is 3. The summed E-state index contributed by atoms with van der Waals surface area (Å²) >= 11 is 0. The second kappa shape index (κ2) is 10.9. The van der Waals surface area contributed by atoms with Gasteiger partial charge in [-0.1, -0.05) is 18.2 Å². The molecule has 1 aromatic heterocycles. The highest BCUT2D eigenvalue weighted by Crippen LogP contribution is 2.29. The van der Waals surface area contributed by atoms with Gasteiger partial charge in [-0.15, -0.1) is 0 Å². The summed E-state index contributed by atoms with van der Waals surface area (Å²) in [6.07, 6.45) is -1.01. The molecule has 0 bridgehead atoms. The van der Waals surface area contributed by atoms with Gasteiger partial charge in [0.2, 0.25) is 5.91 Å². The third-order valence-corrected chi connectivity index (χ3v) is 4.81. The fourth-order valence-corrected chi connectivity index (χ4v) is 3.14. The number of aliphatic hydroxyl groups is 1. The number of hydrogen-bond donors (Lipinski definition) is 4. The van der Waals surface area contributed by atoms with Gasteiger partial charge in [-0.25, -0.2) is 4.79 Å². The zero-order valence-corrected chi connectivity index (χ0v) is 17.4. The molecule has 33 heavy (non-hydrogen) atoms. The van der Waals surface area contributed by atoms with E-state index in [0.717, 1.165) is 24.3 Å². The van der Waals surface area contributed by atoms with Crippen LogP contribution in [0.5, 0.6) is 0 Å². The van der Waals surface area contributed by atoms with Crippen LogP contribution < -0.4 is 16.0 Å². The second-order valence-electron chi connectivity index (χ2n) is 7.28. The standard InChI is InChI=1S/C22H23F3N4O4/c23-22(24,25)14-4-6-15(7-5-14)28-21(32)29-18-9-8-17(33-19(18)13-30)11-20(31)27-12-16-3-1-2-10-26-16/h1-10,17-19,30H,11-13H2,(H,27,31)(H2,28,29,32)/t17-,18+,19+/m0/s1. The number of rotatable bonds is 7. The van der Waals surface area contributed by atoms with E-state index in [-0.39, 0.29) is 24.6 Å². The number of nitrogens with one attached hydrogen (secondary N) is 3. The molecule has 0 fully saturated rings. The van der Waals surface area contributed by atoms with E-state index in [4.69, 9.17) is 4.74 Å². The molecule has 176 valence electrons. The van der Waals surface area contributed by atoms with Crippen molar-refractivity contribution in [2.75, 3.05) is 11.9 Å². The SMILES string of the molecule is O=C(C[C@@H]1C=C[C@@H](NC(=O)Nc2ccc(C(F)(F)F)cc2)[C@@H](CO)O1)NCc1ccccn1. The summed E-state index contributed by atoms with van der Waals surface area (Å²) < 4.78 is 43.6. The van der Waals surface area contributed by atoms with E-state index < -0.39 is 42.6 Å². The highest BCUT2D eigenvalue weighted by molar-refractivity contribution is 5.89. The first-order valence-electron chi connectivity index (χ1n) is 10.1. The van der Waals surface area contributed by atoms with Gasteiger partial charge in [0.05, 0.1) is 43.0 Å². The van der Waals surface area contributed by atoms with Crippen LogP contribution >= 0.6 is 0 Å². The summed E-state index contributed by atoms with van der Waals surface area (Å²) in [6, 6.07) is 7.99. The van der Waals surface area contributed by atoms with Gasteiger partial charge in [-0.3, -0.25) is 9.78 Å². The normalized spacial score (nSPS) is 20.2. The molecule has 3 rings (SSSR count). The van der Waals surface area contributed by atoms with Crippen LogP contribution in [0.2, 0.25) is 0 Å². The number of aromatic nitrogens is 1. The molecule has 3 amide bonds. The number of alkyl halides is 3. The minimum absolute atomic E-state index is 0.0182. The zero-order valence-electron chi connectivity index (χ0n) is 17.4. The summed E-state index contributed by atoms with van der Waals surface area (Å²) in [6.45, 7) is -0.143. The average molecular weight is 464 g/mol. The fourth-order valence-electron chi connectivity index (χ4n) is 3.14. The minimum Gasteiger partial charge on any atom is -0.394 e. The fraction of sp³-hybridized carbons (Fsp3) is 0.318. The monoisotopic (exact) mass is 464 g/mol. The molecule has 1 aliphatic rings. The molecule has 0 unspecified atom stereocenters. The third kappa shape index (κ3) is 7.29. The number of aliphatic hydroxyl groups excluding tert-OH is 1. The molecule has 4 N–H and O–H groups in total. The number of carbonyl (C=O) groups excluding carboxylic acids is 2. The van der Waals surface area contributed by atoms with Crippen LogP contribution in [-0.2, 0) is 22.3 Å². The van der Waals surface area contributed by atoms with Gasteiger partial charge in [0, 0.05) is 11.9 Å². The van der Waals surface area contributed by atoms with Gasteiger partial charge >= 0.3 is 12.2 Å². The molecule has 0 aliphatic carbocycles.